The Morgan fingerprint density at radius 2 is 1.82 bits per heavy atom. The van der Waals surface area contributed by atoms with Crippen LogP contribution in [-0.2, 0) is 4.79 Å². The maximum Gasteiger partial charge on any atom is 0.311 e. The predicted molar refractivity (Wildman–Crippen MR) is 99.7 cm³/mol. The average Bonchev–Trinajstić information content (AvgIpc) is 2.92. The van der Waals surface area contributed by atoms with E-state index in [-0.39, 0.29) is 11.3 Å². The third-order valence-electron chi connectivity index (χ3n) is 4.83. The van der Waals surface area contributed by atoms with E-state index < -0.39 is 29.4 Å². The van der Waals surface area contributed by atoms with Gasteiger partial charge < -0.3 is 10.2 Å². The lowest BCUT2D eigenvalue weighted by Crippen LogP contribution is -2.16. The average molecular weight is 387 g/mol. The molecular weight excluding hydrogens is 368 g/mol. The van der Waals surface area contributed by atoms with Crippen LogP contribution in [0.5, 0.6) is 5.75 Å². The lowest BCUT2D eigenvalue weighted by atomic mass is 9.92. The van der Waals surface area contributed by atoms with Crippen LogP contribution in [0.15, 0.2) is 36.4 Å². The molecule has 2 N–H and O–H groups in total. The largest absolute Gasteiger partial charge is 0.508 e. The SMILES string of the molecule is CCCC(C(=O)O)c1c(C)n(C(=O)c2ccc(F)c(F)c2)c2ccc(O)cc12. The highest BCUT2D eigenvalue weighted by Gasteiger charge is 2.29. The van der Waals surface area contributed by atoms with Crippen molar-refractivity contribution in [2.24, 2.45) is 0 Å². The topological polar surface area (TPSA) is 79.5 Å². The molecule has 5 nitrogen and oxygen atoms in total. The van der Waals surface area contributed by atoms with Gasteiger partial charge >= 0.3 is 5.97 Å². The maximum absolute atomic E-state index is 13.6. The van der Waals surface area contributed by atoms with Crippen molar-refractivity contribution in [2.75, 3.05) is 0 Å². The number of carbonyl (C=O) groups excluding carboxylic acids is 1. The number of phenolic OH excluding ortho intramolecular Hbond substituents is 1. The molecule has 0 aliphatic heterocycles. The van der Waals surface area contributed by atoms with E-state index in [1.54, 1.807) is 6.92 Å². The first kappa shape index (κ1) is 19.5. The first-order valence-corrected chi connectivity index (χ1v) is 8.82. The molecule has 28 heavy (non-hydrogen) atoms. The summed E-state index contributed by atoms with van der Waals surface area (Å²) in [5.41, 5.74) is 1.13. The Kier molecular flexibility index (Phi) is 5.18. The molecule has 2 aromatic carbocycles. The molecule has 1 aromatic heterocycles. The van der Waals surface area contributed by atoms with E-state index in [1.807, 2.05) is 6.92 Å². The van der Waals surface area contributed by atoms with Gasteiger partial charge in [0, 0.05) is 16.6 Å². The van der Waals surface area contributed by atoms with Crippen LogP contribution >= 0.6 is 0 Å². The molecule has 146 valence electrons. The number of benzene rings is 2. The summed E-state index contributed by atoms with van der Waals surface area (Å²) in [5.74, 6) is -4.79. The summed E-state index contributed by atoms with van der Waals surface area (Å²) in [6.07, 6.45) is 0.962. The van der Waals surface area contributed by atoms with Crippen LogP contribution in [0, 0.1) is 18.6 Å². The lowest BCUT2D eigenvalue weighted by Gasteiger charge is -2.13. The minimum Gasteiger partial charge on any atom is -0.508 e. The summed E-state index contributed by atoms with van der Waals surface area (Å²) >= 11 is 0. The van der Waals surface area contributed by atoms with Gasteiger partial charge in [0.1, 0.15) is 5.75 Å². The number of carboxylic acid groups (broad SMARTS) is 1. The summed E-state index contributed by atoms with van der Waals surface area (Å²) in [6, 6.07) is 7.16. The molecule has 0 amide bonds. The van der Waals surface area contributed by atoms with Gasteiger partial charge in [-0.1, -0.05) is 13.3 Å². The van der Waals surface area contributed by atoms with E-state index in [0.717, 1.165) is 12.1 Å². The Morgan fingerprint density at radius 3 is 2.43 bits per heavy atom. The summed E-state index contributed by atoms with van der Waals surface area (Å²) in [6.45, 7) is 3.46. The Balaban J connectivity index is 2.28. The minimum absolute atomic E-state index is 0.0631. The molecule has 0 saturated heterocycles. The number of hydrogen-bond donors (Lipinski definition) is 2. The molecule has 0 fully saturated rings. The Bertz CT molecular complexity index is 1090. The van der Waals surface area contributed by atoms with Gasteiger partial charge in [-0.15, -0.1) is 0 Å². The zero-order valence-electron chi connectivity index (χ0n) is 15.4. The fourth-order valence-corrected chi connectivity index (χ4v) is 3.57. The van der Waals surface area contributed by atoms with Crippen LogP contribution in [0.2, 0.25) is 0 Å². The second kappa shape index (κ2) is 7.42. The number of hydrogen-bond acceptors (Lipinski definition) is 3. The van der Waals surface area contributed by atoms with Gasteiger partial charge in [0.2, 0.25) is 0 Å². The zero-order chi connectivity index (χ0) is 20.6. The van der Waals surface area contributed by atoms with Gasteiger partial charge in [-0.3, -0.25) is 14.2 Å². The number of phenols is 1. The van der Waals surface area contributed by atoms with Crippen molar-refractivity contribution in [3.05, 3.63) is 64.9 Å². The van der Waals surface area contributed by atoms with Gasteiger partial charge in [-0.05, 0) is 55.3 Å². The monoisotopic (exact) mass is 387 g/mol. The Hall–Kier alpha value is -3.22. The molecular formula is C21H19F2NO4. The normalized spacial score (nSPS) is 12.3. The van der Waals surface area contributed by atoms with Gasteiger partial charge in [0.05, 0.1) is 11.4 Å². The molecule has 0 saturated carbocycles. The van der Waals surface area contributed by atoms with E-state index in [9.17, 15) is 28.6 Å². The highest BCUT2D eigenvalue weighted by molar-refractivity contribution is 6.05. The van der Waals surface area contributed by atoms with E-state index >= 15 is 0 Å². The number of aromatic hydroxyl groups is 1. The van der Waals surface area contributed by atoms with Crippen LogP contribution in [0.1, 0.15) is 47.3 Å². The van der Waals surface area contributed by atoms with Gasteiger partial charge in [-0.25, -0.2) is 8.78 Å². The summed E-state index contributed by atoms with van der Waals surface area (Å²) in [7, 11) is 0. The van der Waals surface area contributed by atoms with Crippen molar-refractivity contribution in [1.82, 2.24) is 4.57 Å². The molecule has 3 aromatic rings. The highest BCUT2D eigenvalue weighted by Crippen LogP contribution is 2.36. The first-order valence-electron chi connectivity index (χ1n) is 8.82. The smallest absolute Gasteiger partial charge is 0.311 e. The summed E-state index contributed by atoms with van der Waals surface area (Å²) in [4.78, 5) is 24.9. The molecule has 0 aliphatic carbocycles. The quantitative estimate of drug-likeness (QED) is 0.671. The van der Waals surface area contributed by atoms with Crippen LogP contribution < -0.4 is 0 Å². The number of carboxylic acids is 1. The molecule has 3 rings (SSSR count). The molecule has 1 atom stereocenters. The Morgan fingerprint density at radius 1 is 1.11 bits per heavy atom. The zero-order valence-corrected chi connectivity index (χ0v) is 15.4. The van der Waals surface area contributed by atoms with E-state index in [2.05, 4.69) is 0 Å². The molecule has 1 heterocycles. The van der Waals surface area contributed by atoms with Crippen molar-refractivity contribution >= 4 is 22.8 Å². The van der Waals surface area contributed by atoms with Crippen LogP contribution in [-0.4, -0.2) is 26.7 Å². The third kappa shape index (κ3) is 3.24. The van der Waals surface area contributed by atoms with Crippen LogP contribution in [0.4, 0.5) is 8.78 Å². The van der Waals surface area contributed by atoms with Crippen molar-refractivity contribution in [2.45, 2.75) is 32.6 Å². The highest BCUT2D eigenvalue weighted by atomic mass is 19.2. The standard InChI is InChI=1S/C21H19F2NO4/c1-3-4-14(21(27)28)19-11(2)24(18-8-6-13(25)10-15(18)19)20(26)12-5-7-16(22)17(23)9-12/h5-10,14,25H,3-4H2,1-2H3,(H,27,28). The van der Waals surface area contributed by atoms with E-state index in [4.69, 9.17) is 0 Å². The number of aliphatic carboxylic acids is 1. The first-order chi connectivity index (χ1) is 13.3. The molecule has 0 spiro atoms. The van der Waals surface area contributed by atoms with E-state index in [1.165, 1.54) is 28.8 Å². The third-order valence-corrected chi connectivity index (χ3v) is 4.83. The second-order valence-corrected chi connectivity index (χ2v) is 6.65. The molecule has 0 radical (unpaired) electrons. The minimum atomic E-state index is -1.15. The van der Waals surface area contributed by atoms with Crippen molar-refractivity contribution in [1.29, 1.82) is 0 Å². The van der Waals surface area contributed by atoms with Crippen LogP contribution in [0.3, 0.4) is 0 Å². The number of rotatable bonds is 5. The van der Waals surface area contributed by atoms with Crippen molar-refractivity contribution < 1.29 is 28.6 Å². The molecule has 0 bridgehead atoms. The molecule has 7 heteroatoms. The summed E-state index contributed by atoms with van der Waals surface area (Å²) < 4.78 is 28.1. The van der Waals surface area contributed by atoms with E-state index in [0.29, 0.717) is 35.0 Å². The number of aromatic nitrogens is 1. The molecule has 0 aliphatic rings. The fraction of sp³-hybridized carbons (Fsp3) is 0.238. The molecule has 1 unspecified atom stereocenters. The van der Waals surface area contributed by atoms with Gasteiger partial charge in [0.25, 0.3) is 5.91 Å². The number of carbonyl (C=O) groups is 2. The summed E-state index contributed by atoms with van der Waals surface area (Å²) in [5, 5.41) is 20.0. The number of nitrogens with zero attached hydrogens (tertiary/aromatic N) is 1. The van der Waals surface area contributed by atoms with Crippen LogP contribution in [0.25, 0.3) is 10.9 Å². The Labute approximate surface area is 159 Å². The van der Waals surface area contributed by atoms with Gasteiger partial charge in [-0.2, -0.15) is 0 Å². The predicted octanol–water partition coefficient (Wildman–Crippen LogP) is 4.59. The number of halogens is 2. The maximum atomic E-state index is 13.6. The van der Waals surface area contributed by atoms with Crippen molar-refractivity contribution in [3.8, 4) is 5.75 Å². The second-order valence-electron chi connectivity index (χ2n) is 6.65. The van der Waals surface area contributed by atoms with Crippen molar-refractivity contribution in [3.63, 3.8) is 0 Å². The van der Waals surface area contributed by atoms with Gasteiger partial charge in [0.15, 0.2) is 11.6 Å². The number of fused-ring (bicyclic) bond motifs is 1. The lowest BCUT2D eigenvalue weighted by molar-refractivity contribution is -0.139. The fourth-order valence-electron chi connectivity index (χ4n) is 3.57.